The molecule has 0 radical (unpaired) electrons. The van der Waals surface area contributed by atoms with E-state index >= 15 is 0 Å². The Morgan fingerprint density at radius 1 is 0.374 bits per heavy atom. The maximum atomic E-state index is 13.4. The van der Waals surface area contributed by atoms with E-state index in [9.17, 15) is 61.0 Å². The van der Waals surface area contributed by atoms with Gasteiger partial charge in [0.1, 0.15) is 73.2 Å². The highest BCUT2D eigenvalue weighted by Gasteiger charge is 2.53. The molecule has 19 nitrogen and oxygen atoms in total. The summed E-state index contributed by atoms with van der Waals surface area (Å²) in [5, 5.41) is 121. The number of carbonyl (C=O) groups excluding carboxylic acids is 1. The van der Waals surface area contributed by atoms with Gasteiger partial charge in [-0.3, -0.25) is 4.79 Å². The fraction of sp³-hybridized carbons (Fsp3) is 0.688. The number of amides is 1. The van der Waals surface area contributed by atoms with Crippen molar-refractivity contribution in [1.29, 1.82) is 0 Å². The Morgan fingerprint density at radius 2 is 0.707 bits per heavy atom. The first kappa shape index (κ1) is 88.9. The van der Waals surface area contributed by atoms with Gasteiger partial charge in [-0.2, -0.15) is 0 Å². The van der Waals surface area contributed by atoms with E-state index in [4.69, 9.17) is 28.4 Å². The third-order valence-electron chi connectivity index (χ3n) is 17.6. The van der Waals surface area contributed by atoms with E-state index < -0.39 is 124 Å². The van der Waals surface area contributed by atoms with Crippen LogP contribution in [0.3, 0.4) is 0 Å². The van der Waals surface area contributed by atoms with Gasteiger partial charge in [0.2, 0.25) is 5.91 Å². The van der Waals surface area contributed by atoms with E-state index in [1.54, 1.807) is 6.08 Å². The Kier molecular flexibility index (Phi) is 53.1. The van der Waals surface area contributed by atoms with Crippen molar-refractivity contribution in [3.8, 4) is 0 Å². The van der Waals surface area contributed by atoms with E-state index in [0.717, 1.165) is 109 Å². The molecule has 3 fully saturated rings. The predicted octanol–water partition coefficient (Wildman–Crippen LogP) is 11.5. The maximum absolute atomic E-state index is 13.4. The molecule has 17 unspecified atom stereocenters. The van der Waals surface area contributed by atoms with Crippen LogP contribution in [0.1, 0.15) is 219 Å². The van der Waals surface area contributed by atoms with Gasteiger partial charge in [-0.25, -0.2) is 0 Å². The first-order valence-electron chi connectivity index (χ1n) is 37.6. The molecule has 3 rings (SSSR count). The summed E-state index contributed by atoms with van der Waals surface area (Å²) in [6, 6.07) is -1.02. The molecule has 0 aliphatic carbocycles. The molecule has 3 aliphatic heterocycles. The normalized spacial score (nSPS) is 27.5. The molecule has 3 heterocycles. The zero-order chi connectivity index (χ0) is 71.8. The Bertz CT molecular complexity index is 2360. The van der Waals surface area contributed by atoms with E-state index in [0.29, 0.717) is 12.8 Å². The molecule has 3 aliphatic rings. The van der Waals surface area contributed by atoms with Crippen LogP contribution in [0.15, 0.2) is 146 Å². The standard InChI is InChI=1S/C80H131NO18/c1-3-5-7-9-11-13-15-17-19-21-23-24-25-26-27-28-29-30-31-32-33-34-35-36-37-38-40-42-44-46-48-50-52-54-56-58-68(86)81-63(64(85)57-55-53-51-49-47-45-43-41-39-22-20-18-16-14-12-10-8-6-4-2)62-94-78-74(92)71(89)76(66(60-83)96-78)99-80-75(93)72(90)77(67(61-84)97-80)98-79-73(91)70(88)69(87)65(59-82)95-79/h5,7,11,13,17,19,23-24,26-27,29-30,32-33,35-36,38,40,44,46-47,49,55,57,63-67,69-80,82-85,87-93H,3-4,6,8-10,12,14-16,18,20-22,25,28,31,34,37,39,41-43,45,48,50-54,56,58-62H2,1-2H3,(H,81,86)/b7-5-,13-11-,19-17-,24-23-,27-26-,30-29-,33-32-,36-35-,40-38-,46-44-,49-47+,57-55+. The smallest absolute Gasteiger partial charge is 0.220 e. The summed E-state index contributed by atoms with van der Waals surface area (Å²) < 4.78 is 34.3. The topological polar surface area (TPSA) is 307 Å². The Labute approximate surface area is 593 Å². The lowest BCUT2D eigenvalue weighted by atomic mass is 9.96. The predicted molar refractivity (Wildman–Crippen MR) is 392 cm³/mol. The van der Waals surface area contributed by atoms with Gasteiger partial charge < -0.3 is 89.9 Å². The summed E-state index contributed by atoms with van der Waals surface area (Å²) in [5.74, 6) is -0.316. The van der Waals surface area contributed by atoms with Crippen LogP contribution < -0.4 is 5.32 Å². The van der Waals surface area contributed by atoms with Crippen LogP contribution in [0.4, 0.5) is 0 Å². The minimum absolute atomic E-state index is 0.196. The van der Waals surface area contributed by atoms with Crippen molar-refractivity contribution in [2.45, 2.75) is 324 Å². The number of aliphatic hydroxyl groups excluding tert-OH is 11. The molecule has 0 aromatic carbocycles. The van der Waals surface area contributed by atoms with Crippen LogP contribution in [0.5, 0.6) is 0 Å². The lowest BCUT2D eigenvalue weighted by molar-refractivity contribution is -0.379. The summed E-state index contributed by atoms with van der Waals surface area (Å²) in [5.41, 5.74) is 0. The van der Waals surface area contributed by atoms with Gasteiger partial charge in [-0.1, -0.05) is 250 Å². The third kappa shape index (κ3) is 39.8. The van der Waals surface area contributed by atoms with E-state index in [1.807, 2.05) is 6.08 Å². The lowest BCUT2D eigenvalue weighted by Gasteiger charge is -2.48. The molecule has 12 N–H and O–H groups in total. The second-order valence-corrected chi connectivity index (χ2v) is 26.0. The minimum atomic E-state index is -1.99. The SMILES string of the molecule is CC/C=C\C/C=C\C/C=C\C/C=C\C/C=C\C/C=C\C/C=C\C/C=C\C/C=C\C/C=C\CCCCCCC(=O)NC(COC1OC(CO)C(OC2OC(CO)C(OC3OC(CO)C(O)C(O)C3O)C(O)C2O)C(O)C1O)C(O)/C=C/CC/C=C/CCCCCCCCCCCCCCC. The molecule has 3 saturated heterocycles. The summed E-state index contributed by atoms with van der Waals surface area (Å²) in [4.78, 5) is 13.4. The number of unbranched alkanes of at least 4 members (excludes halogenated alkanes) is 18. The van der Waals surface area contributed by atoms with Crippen molar-refractivity contribution in [1.82, 2.24) is 5.32 Å². The molecule has 0 aromatic rings. The Hall–Kier alpha value is -4.33. The quantitative estimate of drug-likeness (QED) is 0.0199. The molecule has 0 saturated carbocycles. The van der Waals surface area contributed by atoms with Gasteiger partial charge in [0.15, 0.2) is 18.9 Å². The summed E-state index contributed by atoms with van der Waals surface area (Å²) in [6.07, 6.45) is 58.2. The van der Waals surface area contributed by atoms with Gasteiger partial charge >= 0.3 is 0 Å². The van der Waals surface area contributed by atoms with Crippen molar-refractivity contribution < 1.29 is 89.4 Å². The van der Waals surface area contributed by atoms with Gasteiger partial charge in [-0.15, -0.1) is 0 Å². The molecular formula is C80H131NO18. The summed E-state index contributed by atoms with van der Waals surface area (Å²) in [7, 11) is 0. The molecule has 0 spiro atoms. The lowest BCUT2D eigenvalue weighted by Crippen LogP contribution is -2.66. The molecule has 0 bridgehead atoms. The second-order valence-electron chi connectivity index (χ2n) is 26.0. The molecule has 1 amide bonds. The largest absolute Gasteiger partial charge is 0.394 e. The van der Waals surface area contributed by atoms with E-state index in [-0.39, 0.29) is 18.9 Å². The zero-order valence-corrected chi connectivity index (χ0v) is 59.9. The average Bonchev–Trinajstić information content (AvgIpc) is 0.784. The number of hydrogen-bond donors (Lipinski definition) is 12. The molecule has 19 heteroatoms. The van der Waals surface area contributed by atoms with Crippen molar-refractivity contribution >= 4 is 5.91 Å². The first-order chi connectivity index (χ1) is 48.3. The van der Waals surface area contributed by atoms with Crippen LogP contribution >= 0.6 is 0 Å². The summed E-state index contributed by atoms with van der Waals surface area (Å²) >= 11 is 0. The fourth-order valence-electron chi connectivity index (χ4n) is 11.6. The van der Waals surface area contributed by atoms with Crippen LogP contribution in [-0.2, 0) is 33.2 Å². The molecule has 0 aromatic heterocycles. The van der Waals surface area contributed by atoms with Gasteiger partial charge in [0.05, 0.1) is 38.6 Å². The van der Waals surface area contributed by atoms with Crippen LogP contribution in [-0.4, -0.2) is 193 Å². The van der Waals surface area contributed by atoms with Gasteiger partial charge in [0.25, 0.3) is 0 Å². The molecule has 99 heavy (non-hydrogen) atoms. The maximum Gasteiger partial charge on any atom is 0.220 e. The Morgan fingerprint density at radius 3 is 1.13 bits per heavy atom. The highest BCUT2D eigenvalue weighted by molar-refractivity contribution is 5.76. The molecule has 564 valence electrons. The zero-order valence-electron chi connectivity index (χ0n) is 59.9. The highest BCUT2D eigenvalue weighted by Crippen LogP contribution is 2.33. The number of aliphatic hydroxyl groups is 11. The van der Waals surface area contributed by atoms with E-state index in [2.05, 4.69) is 153 Å². The average molecular weight is 1390 g/mol. The minimum Gasteiger partial charge on any atom is -0.394 e. The summed E-state index contributed by atoms with van der Waals surface area (Å²) in [6.45, 7) is 1.57. The van der Waals surface area contributed by atoms with Gasteiger partial charge in [0, 0.05) is 6.42 Å². The number of hydrogen-bond acceptors (Lipinski definition) is 18. The highest BCUT2D eigenvalue weighted by atomic mass is 16.8. The number of allylic oxidation sites excluding steroid dienone is 23. The molecular weight excluding hydrogens is 1260 g/mol. The fourth-order valence-corrected chi connectivity index (χ4v) is 11.6. The van der Waals surface area contributed by atoms with E-state index in [1.165, 1.54) is 77.0 Å². The second kappa shape index (κ2) is 59.1. The van der Waals surface area contributed by atoms with Gasteiger partial charge in [-0.05, 0) is 109 Å². The molecule has 17 atom stereocenters. The van der Waals surface area contributed by atoms with Crippen LogP contribution in [0.25, 0.3) is 0 Å². The Balaban J connectivity index is 1.41. The van der Waals surface area contributed by atoms with Crippen LogP contribution in [0.2, 0.25) is 0 Å². The first-order valence-corrected chi connectivity index (χ1v) is 37.6. The van der Waals surface area contributed by atoms with Crippen molar-refractivity contribution in [2.75, 3.05) is 26.4 Å². The van der Waals surface area contributed by atoms with Crippen molar-refractivity contribution in [2.24, 2.45) is 0 Å². The third-order valence-corrected chi connectivity index (χ3v) is 17.6. The number of carbonyl (C=O) groups is 1. The van der Waals surface area contributed by atoms with Crippen molar-refractivity contribution in [3.05, 3.63) is 146 Å². The number of nitrogens with one attached hydrogen (secondary N) is 1. The monoisotopic (exact) mass is 1390 g/mol. The number of rotatable bonds is 56. The van der Waals surface area contributed by atoms with Crippen LogP contribution in [0, 0.1) is 0 Å². The number of ether oxygens (including phenoxy) is 6. The van der Waals surface area contributed by atoms with Crippen molar-refractivity contribution in [3.63, 3.8) is 0 Å².